The minimum absolute atomic E-state index is 0.712. The fraction of sp³-hybridized carbons (Fsp3) is 1.00. The third-order valence-electron chi connectivity index (χ3n) is 4.72. The predicted molar refractivity (Wildman–Crippen MR) is 114 cm³/mol. The summed E-state index contributed by atoms with van der Waals surface area (Å²) in [7, 11) is -6.71. The monoisotopic (exact) mass is 402 g/mol. The molecule has 0 radical (unpaired) electrons. The van der Waals surface area contributed by atoms with Crippen LogP contribution in [0.15, 0.2) is 0 Å². The van der Waals surface area contributed by atoms with Gasteiger partial charge in [0.1, 0.15) is 0 Å². The van der Waals surface area contributed by atoms with E-state index < -0.39 is 14.5 Å². The zero-order valence-corrected chi connectivity index (χ0v) is 19.4. The largest absolute Gasteiger partial charge is 0.673 e. The van der Waals surface area contributed by atoms with Crippen LogP contribution in [-0.4, -0.2) is 31.9 Å². The van der Waals surface area contributed by atoms with Gasteiger partial charge in [-0.25, -0.2) is 0 Å². The Hall–Kier alpha value is 0.215. The third-order valence-corrected chi connectivity index (χ3v) is 9.55. The van der Waals surface area contributed by atoms with E-state index in [1.165, 1.54) is 25.7 Å². The number of halogens is 4. The van der Waals surface area contributed by atoms with Gasteiger partial charge in [-0.3, -0.25) is 0 Å². The number of rotatable bonds is 12. The molecule has 0 spiro atoms. The van der Waals surface area contributed by atoms with Crippen LogP contribution in [-0.2, 0) is 0 Å². The summed E-state index contributed by atoms with van der Waals surface area (Å²) in [4.78, 5) is 0. The zero-order chi connectivity index (χ0) is 21.0. The molecule has 0 bridgehead atoms. The second kappa shape index (κ2) is 14.2. The molecule has 0 aromatic heterocycles. The van der Waals surface area contributed by atoms with Crippen LogP contribution in [0.5, 0.6) is 0 Å². The molecule has 6 heteroatoms. The molecule has 160 valence electrons. The van der Waals surface area contributed by atoms with Gasteiger partial charge in [-0.1, -0.05) is 55.4 Å². The molecule has 0 aliphatic rings. The Morgan fingerprint density at radius 3 is 0.769 bits per heavy atom. The predicted octanol–water partition coefficient (Wildman–Crippen LogP) is 8.49. The molecule has 0 saturated carbocycles. The van der Waals surface area contributed by atoms with Crippen LogP contribution in [0.3, 0.4) is 0 Å². The fourth-order valence-electron chi connectivity index (χ4n) is 2.80. The summed E-state index contributed by atoms with van der Waals surface area (Å²) in [6, 6.07) is 0. The van der Waals surface area contributed by atoms with Crippen LogP contribution in [0.1, 0.15) is 81.1 Å². The van der Waals surface area contributed by atoms with E-state index in [4.69, 9.17) is 0 Å². The van der Waals surface area contributed by atoms with Crippen molar-refractivity contribution >= 4 is 14.5 Å². The van der Waals surface area contributed by atoms with Crippen LogP contribution >= 0.6 is 7.26 Å². The molecule has 0 unspecified atom stereocenters. The van der Waals surface area contributed by atoms with E-state index in [1.807, 2.05) is 0 Å². The first kappa shape index (κ1) is 28.4. The molecular formula is C20H44BF4P. The molecular weight excluding hydrogens is 358 g/mol. The van der Waals surface area contributed by atoms with Gasteiger partial charge in [-0.05, 0) is 49.4 Å². The molecule has 0 aliphatic heterocycles. The summed E-state index contributed by atoms with van der Waals surface area (Å²) in [5, 5.41) is 0. The van der Waals surface area contributed by atoms with Crippen LogP contribution < -0.4 is 0 Å². The second-order valence-electron chi connectivity index (χ2n) is 9.46. The van der Waals surface area contributed by atoms with Gasteiger partial charge >= 0.3 is 7.25 Å². The van der Waals surface area contributed by atoms with Crippen molar-refractivity contribution in [1.82, 2.24) is 0 Å². The van der Waals surface area contributed by atoms with Crippen molar-refractivity contribution in [1.29, 1.82) is 0 Å². The Morgan fingerprint density at radius 2 is 0.654 bits per heavy atom. The summed E-state index contributed by atoms with van der Waals surface area (Å²) < 4.78 is 39.0. The van der Waals surface area contributed by atoms with Crippen LogP contribution in [0.25, 0.3) is 0 Å². The highest BCUT2D eigenvalue weighted by Gasteiger charge is 2.36. The average Bonchev–Trinajstić information content (AvgIpc) is 2.43. The third kappa shape index (κ3) is 22.3. The minimum atomic E-state index is -6.00. The fourth-order valence-corrected chi connectivity index (χ4v) is 8.40. The molecule has 0 aromatic carbocycles. The molecule has 0 nitrogen and oxygen atoms in total. The van der Waals surface area contributed by atoms with Gasteiger partial charge in [0, 0.05) is 7.26 Å². The highest BCUT2D eigenvalue weighted by Crippen LogP contribution is 2.62. The first-order chi connectivity index (χ1) is 11.7. The zero-order valence-electron chi connectivity index (χ0n) is 18.5. The SMILES string of the molecule is CC(C)CC[P+](CCC(C)C)(CCC(C)C)CCC(C)C.F[B-](F)(F)F. The molecule has 26 heavy (non-hydrogen) atoms. The highest BCUT2D eigenvalue weighted by atomic mass is 31.2. The normalized spacial score (nSPS) is 12.9. The van der Waals surface area contributed by atoms with Gasteiger partial charge in [0.2, 0.25) is 0 Å². The maximum Gasteiger partial charge on any atom is 0.673 e. The van der Waals surface area contributed by atoms with E-state index in [1.54, 1.807) is 24.6 Å². The van der Waals surface area contributed by atoms with Gasteiger partial charge in [0.05, 0.1) is 24.6 Å². The summed E-state index contributed by atoms with van der Waals surface area (Å²) in [5.74, 6) is 3.51. The van der Waals surface area contributed by atoms with E-state index in [2.05, 4.69) is 55.4 Å². The van der Waals surface area contributed by atoms with Crippen LogP contribution in [0.4, 0.5) is 17.3 Å². The Morgan fingerprint density at radius 1 is 0.500 bits per heavy atom. The van der Waals surface area contributed by atoms with Crippen molar-refractivity contribution in [3.8, 4) is 0 Å². The van der Waals surface area contributed by atoms with Gasteiger partial charge in [0.15, 0.2) is 0 Å². The molecule has 0 atom stereocenters. The summed E-state index contributed by atoms with van der Waals surface area (Å²) in [6.07, 6.45) is 12.1. The van der Waals surface area contributed by atoms with Gasteiger partial charge < -0.3 is 17.3 Å². The first-order valence-corrected chi connectivity index (χ1v) is 12.9. The molecule has 0 fully saturated rings. The second-order valence-corrected chi connectivity index (χ2v) is 13.9. The highest BCUT2D eigenvalue weighted by molar-refractivity contribution is 7.75. The van der Waals surface area contributed by atoms with E-state index in [0.717, 1.165) is 23.7 Å². The Kier molecular flexibility index (Phi) is 15.6. The molecule has 0 amide bonds. The molecule has 0 N–H and O–H groups in total. The molecule has 0 rings (SSSR count). The topological polar surface area (TPSA) is 0 Å². The average molecular weight is 402 g/mol. The van der Waals surface area contributed by atoms with Crippen LogP contribution in [0.2, 0.25) is 0 Å². The minimum Gasteiger partial charge on any atom is -0.418 e. The van der Waals surface area contributed by atoms with Gasteiger partial charge in [-0.2, -0.15) is 0 Å². The summed E-state index contributed by atoms with van der Waals surface area (Å²) in [6.45, 7) is 19.2. The lowest BCUT2D eigenvalue weighted by molar-refractivity contribution is 0.368. The van der Waals surface area contributed by atoms with E-state index >= 15 is 0 Å². The van der Waals surface area contributed by atoms with Crippen molar-refractivity contribution in [2.45, 2.75) is 81.1 Å². The number of hydrogen-bond donors (Lipinski definition) is 0. The Bertz CT molecular complexity index is 269. The molecule has 0 aliphatic carbocycles. The Balaban J connectivity index is 0. The first-order valence-electron chi connectivity index (χ1n) is 10.4. The van der Waals surface area contributed by atoms with Gasteiger partial charge in [-0.15, -0.1) is 0 Å². The van der Waals surface area contributed by atoms with Crippen molar-refractivity contribution in [3.05, 3.63) is 0 Å². The van der Waals surface area contributed by atoms with E-state index in [9.17, 15) is 17.3 Å². The quantitative estimate of drug-likeness (QED) is 0.174. The summed E-state index contributed by atoms with van der Waals surface area (Å²) in [5.41, 5.74) is 0. The lowest BCUT2D eigenvalue weighted by Gasteiger charge is -2.30. The van der Waals surface area contributed by atoms with Crippen LogP contribution in [0, 0.1) is 23.7 Å². The lowest BCUT2D eigenvalue weighted by Crippen LogP contribution is -2.17. The maximum atomic E-state index is 9.75. The standard InChI is InChI=1S/C20H44P.BF4/c1-17(2)9-13-21(14-10-18(3)4,15-11-19(5)6)16-12-20(7)8;2-1(3,4)5/h17-20H,9-16H2,1-8H3;/q+1;-1. The van der Waals surface area contributed by atoms with Crippen molar-refractivity contribution < 1.29 is 17.3 Å². The molecule has 0 saturated heterocycles. The van der Waals surface area contributed by atoms with Crippen molar-refractivity contribution in [3.63, 3.8) is 0 Å². The lowest BCUT2D eigenvalue weighted by atomic mass is 10.1. The maximum absolute atomic E-state index is 9.75. The van der Waals surface area contributed by atoms with E-state index in [0.29, 0.717) is 0 Å². The van der Waals surface area contributed by atoms with Gasteiger partial charge in [0.25, 0.3) is 0 Å². The van der Waals surface area contributed by atoms with Crippen molar-refractivity contribution in [2.24, 2.45) is 23.7 Å². The Labute approximate surface area is 161 Å². The molecule has 0 heterocycles. The smallest absolute Gasteiger partial charge is 0.418 e. The number of hydrogen-bond acceptors (Lipinski definition) is 0. The van der Waals surface area contributed by atoms with E-state index in [-0.39, 0.29) is 0 Å². The summed E-state index contributed by atoms with van der Waals surface area (Å²) >= 11 is 0. The molecule has 0 aromatic rings. The van der Waals surface area contributed by atoms with Crippen molar-refractivity contribution in [2.75, 3.05) is 24.6 Å².